The van der Waals surface area contributed by atoms with E-state index in [4.69, 9.17) is 10.2 Å². The summed E-state index contributed by atoms with van der Waals surface area (Å²) in [5, 5.41) is 48.6. The van der Waals surface area contributed by atoms with Crippen molar-refractivity contribution in [3.8, 4) is 16.9 Å². The van der Waals surface area contributed by atoms with Crippen molar-refractivity contribution in [2.45, 2.75) is 63.1 Å². The normalized spacial score (nSPS) is 27.0. The molecule has 0 radical (unpaired) electrons. The molecule has 2 saturated carbocycles. The molecule has 0 saturated heterocycles. The first-order chi connectivity index (χ1) is 18.6. The number of primary amides is 1. The van der Waals surface area contributed by atoms with Gasteiger partial charge in [0.15, 0.2) is 11.4 Å². The van der Waals surface area contributed by atoms with E-state index in [1.54, 1.807) is 12.3 Å². The highest BCUT2D eigenvalue weighted by atomic mass is 16.3. The fourth-order valence-corrected chi connectivity index (χ4v) is 6.94. The van der Waals surface area contributed by atoms with Gasteiger partial charge in [0.05, 0.1) is 18.1 Å². The van der Waals surface area contributed by atoms with Crippen molar-refractivity contribution >= 4 is 23.2 Å². The Morgan fingerprint density at radius 1 is 1.15 bits per heavy atom. The number of furan rings is 1. The van der Waals surface area contributed by atoms with E-state index in [0.29, 0.717) is 23.7 Å². The quantitative estimate of drug-likeness (QED) is 0.314. The first-order valence-electron chi connectivity index (χ1n) is 13.2. The summed E-state index contributed by atoms with van der Waals surface area (Å²) >= 11 is 0. The molecule has 0 bridgehead atoms. The fraction of sp³-hybridized carbons (Fsp3) is 0.414. The summed E-state index contributed by atoms with van der Waals surface area (Å²) in [6.45, 7) is 0.342. The van der Waals surface area contributed by atoms with Gasteiger partial charge in [0.25, 0.3) is 5.91 Å². The molecule has 204 valence electrons. The van der Waals surface area contributed by atoms with Crippen LogP contribution in [-0.2, 0) is 27.3 Å². The second-order valence-electron chi connectivity index (χ2n) is 11.1. The van der Waals surface area contributed by atoms with Gasteiger partial charge in [0.1, 0.15) is 22.8 Å². The van der Waals surface area contributed by atoms with Gasteiger partial charge >= 0.3 is 0 Å². The molecule has 0 aliphatic heterocycles. The second kappa shape index (κ2) is 9.10. The van der Waals surface area contributed by atoms with Crippen LogP contribution < -0.4 is 11.1 Å². The van der Waals surface area contributed by atoms with Crippen LogP contribution in [0.25, 0.3) is 16.9 Å². The molecule has 0 unspecified atom stereocenters. The van der Waals surface area contributed by atoms with E-state index in [2.05, 4.69) is 5.32 Å². The Morgan fingerprint density at radius 2 is 1.90 bits per heavy atom. The van der Waals surface area contributed by atoms with Crippen LogP contribution in [0.3, 0.4) is 0 Å². The third-order valence-corrected chi connectivity index (χ3v) is 8.91. The van der Waals surface area contributed by atoms with E-state index in [1.807, 2.05) is 6.07 Å². The Balaban J connectivity index is 1.50. The fourth-order valence-electron chi connectivity index (χ4n) is 6.94. The number of nitrogens with two attached hydrogens (primary N) is 1. The van der Waals surface area contributed by atoms with Gasteiger partial charge in [-0.05, 0) is 54.9 Å². The Morgan fingerprint density at radius 3 is 2.56 bits per heavy atom. The van der Waals surface area contributed by atoms with E-state index in [1.165, 1.54) is 6.26 Å². The van der Waals surface area contributed by atoms with Gasteiger partial charge in [-0.3, -0.25) is 14.4 Å². The largest absolute Gasteiger partial charge is 0.508 e. The molecular weight excluding hydrogens is 504 g/mol. The molecule has 7 N–H and O–H groups in total. The maximum atomic E-state index is 13.8. The van der Waals surface area contributed by atoms with Crippen molar-refractivity contribution in [2.75, 3.05) is 0 Å². The van der Waals surface area contributed by atoms with Crippen LogP contribution in [0.5, 0.6) is 5.75 Å². The lowest BCUT2D eigenvalue weighted by molar-refractivity contribution is -0.147. The van der Waals surface area contributed by atoms with Gasteiger partial charge in [-0.15, -0.1) is 0 Å². The van der Waals surface area contributed by atoms with Crippen LogP contribution in [0.2, 0.25) is 0 Å². The number of hydrogen-bond acceptors (Lipinski definition) is 9. The molecule has 10 heteroatoms. The van der Waals surface area contributed by atoms with Crippen molar-refractivity contribution in [1.82, 2.24) is 5.32 Å². The molecule has 1 amide bonds. The molecule has 1 heterocycles. The number of amides is 1. The average molecular weight is 535 g/mol. The van der Waals surface area contributed by atoms with Crippen LogP contribution in [0.15, 0.2) is 46.0 Å². The first-order valence-corrected chi connectivity index (χ1v) is 13.2. The number of carbonyl (C=O) groups is 3. The molecule has 0 spiro atoms. The lowest BCUT2D eigenvalue weighted by Gasteiger charge is -2.46. The Hall–Kier alpha value is -3.89. The monoisotopic (exact) mass is 534 g/mol. The van der Waals surface area contributed by atoms with Crippen molar-refractivity contribution in [2.24, 2.45) is 17.6 Å². The Bertz CT molecular complexity index is 1460. The molecule has 4 aliphatic rings. The lowest BCUT2D eigenvalue weighted by Crippen LogP contribution is -2.58. The number of Topliss-reactive ketones (excluding diaryl/α,β-unsaturated/α-hetero) is 2. The molecule has 4 aliphatic carbocycles. The number of nitrogens with one attached hydrogen (secondary N) is 1. The summed E-state index contributed by atoms with van der Waals surface area (Å²) in [6.07, 6.45) is 7.41. The highest BCUT2D eigenvalue weighted by Crippen LogP contribution is 2.53. The summed E-state index contributed by atoms with van der Waals surface area (Å²) in [5.74, 6) is -6.35. The number of ketones is 2. The average Bonchev–Trinajstić information content (AvgIpc) is 3.60. The zero-order valence-corrected chi connectivity index (χ0v) is 21.2. The molecule has 6 rings (SSSR count). The summed E-state index contributed by atoms with van der Waals surface area (Å²) in [5.41, 5.74) is 4.43. The third-order valence-electron chi connectivity index (χ3n) is 8.91. The van der Waals surface area contributed by atoms with Crippen molar-refractivity contribution in [1.29, 1.82) is 0 Å². The van der Waals surface area contributed by atoms with Gasteiger partial charge in [-0.1, -0.05) is 12.8 Å². The van der Waals surface area contributed by atoms with E-state index in [9.17, 15) is 34.8 Å². The van der Waals surface area contributed by atoms with Gasteiger partial charge in [0.2, 0.25) is 5.78 Å². The Kier molecular flexibility index (Phi) is 5.92. The lowest BCUT2D eigenvalue weighted by atomic mass is 9.59. The molecule has 1 aromatic heterocycles. The molecular formula is C29H30N2O8. The van der Waals surface area contributed by atoms with Gasteiger partial charge in [-0.25, -0.2) is 0 Å². The number of aliphatic hydroxyl groups is 3. The van der Waals surface area contributed by atoms with Crippen LogP contribution in [0, 0.1) is 11.8 Å². The van der Waals surface area contributed by atoms with Crippen LogP contribution >= 0.6 is 0 Å². The van der Waals surface area contributed by atoms with Crippen LogP contribution in [0.1, 0.15) is 55.2 Å². The maximum absolute atomic E-state index is 13.8. The summed E-state index contributed by atoms with van der Waals surface area (Å²) in [4.78, 5) is 38.2. The molecule has 1 aromatic carbocycles. The number of aromatic hydroxyl groups is 1. The van der Waals surface area contributed by atoms with E-state index >= 15 is 0 Å². The van der Waals surface area contributed by atoms with Gasteiger partial charge in [-0.2, -0.15) is 0 Å². The number of fused-ring (bicyclic) bond motifs is 3. The topological polar surface area (TPSA) is 183 Å². The zero-order valence-electron chi connectivity index (χ0n) is 21.2. The molecule has 39 heavy (non-hydrogen) atoms. The van der Waals surface area contributed by atoms with Crippen LogP contribution in [0.4, 0.5) is 0 Å². The van der Waals surface area contributed by atoms with Gasteiger partial charge < -0.3 is 35.9 Å². The van der Waals surface area contributed by atoms with Crippen molar-refractivity contribution in [3.63, 3.8) is 0 Å². The van der Waals surface area contributed by atoms with Crippen molar-refractivity contribution < 1.29 is 39.2 Å². The first kappa shape index (κ1) is 25.4. The number of rotatable bonds is 5. The number of aliphatic hydroxyl groups excluding tert-OH is 2. The minimum Gasteiger partial charge on any atom is -0.508 e. The highest BCUT2D eigenvalue weighted by molar-refractivity contribution is 6.22. The molecule has 2 fully saturated rings. The molecule has 2 aromatic rings. The van der Waals surface area contributed by atoms with Gasteiger partial charge in [0, 0.05) is 41.6 Å². The number of benzene rings is 1. The smallest absolute Gasteiger partial charge is 0.255 e. The Labute approximate surface area is 223 Å². The summed E-state index contributed by atoms with van der Waals surface area (Å²) in [7, 11) is 0. The summed E-state index contributed by atoms with van der Waals surface area (Å²) in [6, 6.07) is 3.96. The SMILES string of the molecule is NC(=O)C1=C(O)[C@@]2(O)C(=O)C3=C(O)c4c(O)c(CNC5CCCC5)cc(-c5ccoc5)c4C[C@H]3C[C@H]2CC1=O. The van der Waals surface area contributed by atoms with E-state index in [-0.39, 0.29) is 36.1 Å². The second-order valence-corrected chi connectivity index (χ2v) is 11.1. The number of hydrogen-bond donors (Lipinski definition) is 6. The predicted octanol–water partition coefficient (Wildman–Crippen LogP) is 2.72. The van der Waals surface area contributed by atoms with E-state index < -0.39 is 52.0 Å². The minimum absolute atomic E-state index is 0.0828. The van der Waals surface area contributed by atoms with E-state index in [0.717, 1.165) is 36.8 Å². The molecule has 10 nitrogen and oxygen atoms in total. The highest BCUT2D eigenvalue weighted by Gasteiger charge is 2.60. The third kappa shape index (κ3) is 3.73. The summed E-state index contributed by atoms with van der Waals surface area (Å²) < 4.78 is 5.31. The number of phenols is 1. The zero-order chi connectivity index (χ0) is 27.6. The maximum Gasteiger partial charge on any atom is 0.255 e. The minimum atomic E-state index is -2.58. The number of phenolic OH excluding ortho intramolecular Hbond substituents is 1. The predicted molar refractivity (Wildman–Crippen MR) is 138 cm³/mol. The van der Waals surface area contributed by atoms with Crippen LogP contribution in [-0.4, -0.2) is 49.5 Å². The number of carbonyl (C=O) groups excluding carboxylic acids is 3. The molecule has 3 atom stereocenters. The standard InChI is InChI=1S/C29H30N2O8/c30-28(37)23-20(32)10-16-7-14-8-19-18(13-5-6-39-12-13)9-15(11-31-17-3-1-2-4-17)24(33)22(19)25(34)21(14)26(35)29(16,38)27(23)36/h5-6,9,12,14,16-17,31,33-34,36,38H,1-4,7-8,10-11H2,(H2,30,37)/t14-,16+,29+/m1/s1. The van der Waals surface area contributed by atoms with Crippen molar-refractivity contribution in [3.05, 3.63) is 58.3 Å².